The summed E-state index contributed by atoms with van der Waals surface area (Å²) in [7, 11) is -1.43. The van der Waals surface area contributed by atoms with Gasteiger partial charge in [0.05, 0.1) is 23.2 Å². The Hall–Kier alpha value is -3.53. The molecule has 0 radical (unpaired) electrons. The number of aryl methyl sites for hydroxylation is 1. The van der Waals surface area contributed by atoms with Crippen molar-refractivity contribution < 1.29 is 12.8 Å². The number of hydrogen-bond acceptors (Lipinski definition) is 7. The van der Waals surface area contributed by atoms with E-state index < -0.39 is 15.7 Å². The van der Waals surface area contributed by atoms with Crippen LogP contribution in [0.5, 0.6) is 0 Å². The fourth-order valence-electron chi connectivity index (χ4n) is 3.44. The van der Waals surface area contributed by atoms with Gasteiger partial charge in [0.15, 0.2) is 21.5 Å². The summed E-state index contributed by atoms with van der Waals surface area (Å²) in [6.45, 7) is 2.03. The van der Waals surface area contributed by atoms with E-state index in [2.05, 4.69) is 25.5 Å². The van der Waals surface area contributed by atoms with Crippen LogP contribution in [0.2, 0.25) is 0 Å². The summed E-state index contributed by atoms with van der Waals surface area (Å²) >= 11 is 0. The number of sulfone groups is 1. The molecule has 4 rings (SSSR count). The first-order chi connectivity index (χ1) is 15.2. The number of nitrogens with one attached hydrogen (secondary N) is 2. The van der Waals surface area contributed by atoms with Gasteiger partial charge in [0.25, 0.3) is 0 Å². The van der Waals surface area contributed by atoms with Crippen molar-refractivity contribution >= 4 is 43.9 Å². The molecular weight excluding hydrogens is 431 g/mol. The number of fused-ring (bicyclic) bond motifs is 1. The Morgan fingerprint density at radius 1 is 1.19 bits per heavy atom. The normalized spacial score (nSPS) is 11.6. The van der Waals surface area contributed by atoms with Crippen molar-refractivity contribution in [3.05, 3.63) is 65.7 Å². The van der Waals surface area contributed by atoms with Gasteiger partial charge in [-0.3, -0.25) is 5.10 Å². The molecule has 2 heterocycles. The standard InChI is InChI=1S/C22H23FN6O2S/c1-4-19-17-9-8-15(11-20(17)28-27-19)25-21-18(23)12-24-22(26-21)29(2)16-7-5-6-14(10-16)13-32(3,30)31/h5-12H,4,13H2,1-3H3,(H,27,28)(H,24,25,26). The van der Waals surface area contributed by atoms with Gasteiger partial charge in [-0.25, -0.2) is 17.8 Å². The van der Waals surface area contributed by atoms with Crippen molar-refractivity contribution in [2.75, 3.05) is 23.5 Å². The molecule has 166 valence electrons. The van der Waals surface area contributed by atoms with E-state index in [0.29, 0.717) is 16.9 Å². The first kappa shape index (κ1) is 21.7. The topological polar surface area (TPSA) is 104 Å². The summed E-state index contributed by atoms with van der Waals surface area (Å²) in [5.74, 6) is -0.362. The van der Waals surface area contributed by atoms with E-state index >= 15 is 0 Å². The molecule has 0 amide bonds. The highest BCUT2D eigenvalue weighted by Gasteiger charge is 2.14. The molecule has 0 aliphatic carbocycles. The summed E-state index contributed by atoms with van der Waals surface area (Å²) in [6, 6.07) is 12.7. The molecule has 0 atom stereocenters. The largest absolute Gasteiger partial charge is 0.338 e. The number of aromatic nitrogens is 4. The number of rotatable bonds is 7. The second-order valence-electron chi connectivity index (χ2n) is 7.57. The van der Waals surface area contributed by atoms with Gasteiger partial charge in [0.1, 0.15) is 0 Å². The summed E-state index contributed by atoms with van der Waals surface area (Å²) in [5.41, 5.74) is 3.82. The summed E-state index contributed by atoms with van der Waals surface area (Å²) in [5, 5.41) is 11.3. The number of H-pyrrole nitrogens is 1. The van der Waals surface area contributed by atoms with Gasteiger partial charge in [-0.1, -0.05) is 19.1 Å². The average molecular weight is 455 g/mol. The highest BCUT2D eigenvalue weighted by Crippen LogP contribution is 2.27. The molecule has 0 saturated heterocycles. The van der Waals surface area contributed by atoms with E-state index in [9.17, 15) is 12.8 Å². The van der Waals surface area contributed by atoms with Crippen LogP contribution in [0.25, 0.3) is 10.9 Å². The van der Waals surface area contributed by atoms with Gasteiger partial charge in [-0.15, -0.1) is 0 Å². The number of benzene rings is 2. The second-order valence-corrected chi connectivity index (χ2v) is 9.71. The van der Waals surface area contributed by atoms with Gasteiger partial charge >= 0.3 is 0 Å². The molecule has 2 aromatic heterocycles. The van der Waals surface area contributed by atoms with Crippen molar-refractivity contribution in [1.82, 2.24) is 20.2 Å². The molecule has 0 aliphatic rings. The zero-order chi connectivity index (χ0) is 22.9. The van der Waals surface area contributed by atoms with Crippen LogP contribution in [0.4, 0.5) is 27.5 Å². The predicted molar refractivity (Wildman–Crippen MR) is 124 cm³/mol. The van der Waals surface area contributed by atoms with Gasteiger partial charge in [-0.2, -0.15) is 10.1 Å². The number of nitrogens with zero attached hydrogens (tertiary/aromatic N) is 4. The zero-order valence-corrected chi connectivity index (χ0v) is 18.7. The number of anilines is 4. The van der Waals surface area contributed by atoms with E-state index in [4.69, 9.17) is 0 Å². The molecule has 0 saturated carbocycles. The molecule has 0 spiro atoms. The number of halogens is 1. The zero-order valence-electron chi connectivity index (χ0n) is 17.9. The summed E-state index contributed by atoms with van der Waals surface area (Å²) in [6.07, 6.45) is 3.11. The number of aromatic amines is 1. The monoisotopic (exact) mass is 454 g/mol. The number of hydrogen-bond donors (Lipinski definition) is 2. The summed E-state index contributed by atoms with van der Waals surface area (Å²) < 4.78 is 37.7. The Morgan fingerprint density at radius 3 is 2.75 bits per heavy atom. The van der Waals surface area contributed by atoms with Crippen LogP contribution in [-0.2, 0) is 22.0 Å². The maximum Gasteiger partial charge on any atom is 0.231 e. The Morgan fingerprint density at radius 2 is 2.00 bits per heavy atom. The molecule has 0 bridgehead atoms. The Balaban J connectivity index is 1.61. The molecular formula is C22H23FN6O2S. The highest BCUT2D eigenvalue weighted by atomic mass is 32.2. The SMILES string of the molecule is CCc1n[nH]c2cc(Nc3nc(N(C)c4cccc(CS(C)(=O)=O)c4)ncc3F)ccc12. The first-order valence-electron chi connectivity index (χ1n) is 10.0. The maximum atomic E-state index is 14.5. The minimum Gasteiger partial charge on any atom is -0.338 e. The molecule has 10 heteroatoms. The quantitative estimate of drug-likeness (QED) is 0.433. The van der Waals surface area contributed by atoms with Crippen LogP contribution in [0.3, 0.4) is 0 Å². The first-order valence-corrected chi connectivity index (χ1v) is 12.1. The summed E-state index contributed by atoms with van der Waals surface area (Å²) in [4.78, 5) is 10.1. The highest BCUT2D eigenvalue weighted by molar-refractivity contribution is 7.89. The van der Waals surface area contributed by atoms with Crippen LogP contribution in [-0.4, -0.2) is 41.9 Å². The van der Waals surface area contributed by atoms with Crippen LogP contribution in [0.15, 0.2) is 48.7 Å². The predicted octanol–water partition coefficient (Wildman–Crippen LogP) is 4.11. The molecule has 0 fully saturated rings. The van der Waals surface area contributed by atoms with Gasteiger partial charge in [0.2, 0.25) is 5.95 Å². The maximum absolute atomic E-state index is 14.5. The Bertz CT molecular complexity index is 1390. The Kier molecular flexibility index (Phi) is 5.79. The minimum absolute atomic E-state index is 0.0312. The Labute approximate surface area is 185 Å². The fourth-order valence-corrected chi connectivity index (χ4v) is 4.23. The smallest absolute Gasteiger partial charge is 0.231 e. The molecule has 32 heavy (non-hydrogen) atoms. The lowest BCUT2D eigenvalue weighted by Crippen LogP contribution is -2.15. The molecule has 0 aliphatic heterocycles. The van der Waals surface area contributed by atoms with Crippen molar-refractivity contribution in [2.45, 2.75) is 19.1 Å². The third kappa shape index (κ3) is 4.70. The van der Waals surface area contributed by atoms with Crippen molar-refractivity contribution in [2.24, 2.45) is 0 Å². The molecule has 2 N–H and O–H groups in total. The third-order valence-electron chi connectivity index (χ3n) is 5.00. The lowest BCUT2D eigenvalue weighted by atomic mass is 10.1. The van der Waals surface area contributed by atoms with Crippen LogP contribution < -0.4 is 10.2 Å². The van der Waals surface area contributed by atoms with E-state index in [-0.39, 0.29) is 17.5 Å². The molecule has 4 aromatic rings. The van der Waals surface area contributed by atoms with E-state index in [1.807, 2.05) is 31.2 Å². The van der Waals surface area contributed by atoms with Gasteiger partial charge in [0, 0.05) is 30.1 Å². The minimum atomic E-state index is -3.16. The molecule has 0 unspecified atom stereocenters. The van der Waals surface area contributed by atoms with Crippen molar-refractivity contribution in [1.29, 1.82) is 0 Å². The third-order valence-corrected chi connectivity index (χ3v) is 5.86. The lowest BCUT2D eigenvalue weighted by Gasteiger charge is -2.19. The average Bonchev–Trinajstić information content (AvgIpc) is 3.16. The van der Waals surface area contributed by atoms with Crippen LogP contribution in [0.1, 0.15) is 18.2 Å². The molecule has 2 aromatic carbocycles. The second kappa shape index (κ2) is 8.54. The van der Waals surface area contributed by atoms with Gasteiger partial charge in [-0.05, 0) is 42.3 Å². The van der Waals surface area contributed by atoms with E-state index in [0.717, 1.165) is 29.2 Å². The molecule has 8 nitrogen and oxygen atoms in total. The van der Waals surface area contributed by atoms with Gasteiger partial charge < -0.3 is 10.2 Å². The van der Waals surface area contributed by atoms with Crippen LogP contribution >= 0.6 is 0 Å². The van der Waals surface area contributed by atoms with Crippen LogP contribution in [0, 0.1) is 5.82 Å². The van der Waals surface area contributed by atoms with E-state index in [1.165, 1.54) is 6.26 Å². The lowest BCUT2D eigenvalue weighted by molar-refractivity contribution is 0.601. The fraction of sp³-hybridized carbons (Fsp3) is 0.227. The van der Waals surface area contributed by atoms with Crippen molar-refractivity contribution in [3.8, 4) is 0 Å². The van der Waals surface area contributed by atoms with E-state index in [1.54, 1.807) is 30.1 Å². The van der Waals surface area contributed by atoms with Crippen molar-refractivity contribution in [3.63, 3.8) is 0 Å².